The number of ether oxygens (including phenoxy) is 2. The van der Waals surface area contributed by atoms with E-state index in [0.717, 1.165) is 42.0 Å². The van der Waals surface area contributed by atoms with Gasteiger partial charge in [-0.05, 0) is 86.3 Å². The van der Waals surface area contributed by atoms with Crippen LogP contribution >= 0.6 is 0 Å². The maximum atomic E-state index is 14.9. The van der Waals surface area contributed by atoms with Crippen molar-refractivity contribution in [1.82, 2.24) is 4.90 Å². The Hall–Kier alpha value is -3.38. The van der Waals surface area contributed by atoms with Crippen LogP contribution in [-0.2, 0) is 0 Å². The molecule has 1 saturated heterocycles. The summed E-state index contributed by atoms with van der Waals surface area (Å²) in [6, 6.07) is 16.4. The smallest absolute Gasteiger partial charge is 0.150 e. The SMILES string of the molecule is CC1=C(c2ccc(F)cc2F)C(c2ccc(OCC(C)N3CC[C@@H](C)C3)cc2)Oc2ccc(O)cc21. The van der Waals surface area contributed by atoms with Crippen molar-refractivity contribution in [1.29, 1.82) is 0 Å². The Kier molecular flexibility index (Phi) is 6.71. The minimum Gasteiger partial charge on any atom is -0.508 e. The number of phenols is 1. The number of halogens is 2. The molecule has 0 aromatic heterocycles. The predicted octanol–water partition coefficient (Wildman–Crippen LogP) is 6.84. The Morgan fingerprint density at radius 1 is 1.06 bits per heavy atom. The Morgan fingerprint density at radius 2 is 1.83 bits per heavy atom. The summed E-state index contributed by atoms with van der Waals surface area (Å²) in [4.78, 5) is 2.46. The number of nitrogens with zero attached hydrogens (tertiary/aromatic N) is 1. The van der Waals surface area contributed by atoms with Crippen LogP contribution in [0.4, 0.5) is 8.78 Å². The second-order valence-electron chi connectivity index (χ2n) is 9.96. The predicted molar refractivity (Wildman–Crippen MR) is 137 cm³/mol. The first-order valence-corrected chi connectivity index (χ1v) is 12.4. The Balaban J connectivity index is 1.43. The van der Waals surface area contributed by atoms with Crippen LogP contribution in [0.15, 0.2) is 60.7 Å². The number of benzene rings is 3. The fraction of sp³-hybridized carbons (Fsp3) is 0.333. The van der Waals surface area contributed by atoms with E-state index in [-0.39, 0.29) is 11.3 Å². The second-order valence-corrected chi connectivity index (χ2v) is 9.96. The molecule has 1 fully saturated rings. The number of hydrogen-bond donors (Lipinski definition) is 1. The molecule has 0 spiro atoms. The molecule has 0 saturated carbocycles. The molecule has 4 nitrogen and oxygen atoms in total. The molecule has 0 bridgehead atoms. The highest BCUT2D eigenvalue weighted by atomic mass is 19.1. The molecule has 2 heterocycles. The van der Waals surface area contributed by atoms with Gasteiger partial charge in [-0.15, -0.1) is 0 Å². The third-order valence-electron chi connectivity index (χ3n) is 7.25. The van der Waals surface area contributed by atoms with E-state index in [1.165, 1.54) is 18.6 Å². The highest BCUT2D eigenvalue weighted by Gasteiger charge is 2.31. The monoisotopic (exact) mass is 491 g/mol. The second kappa shape index (κ2) is 9.94. The number of allylic oxidation sites excluding steroid dienone is 1. The lowest BCUT2D eigenvalue weighted by atomic mass is 9.86. The van der Waals surface area contributed by atoms with Crippen molar-refractivity contribution >= 4 is 11.1 Å². The van der Waals surface area contributed by atoms with Crippen LogP contribution in [0, 0.1) is 17.6 Å². The van der Waals surface area contributed by atoms with Crippen LogP contribution in [0.2, 0.25) is 0 Å². The zero-order valence-corrected chi connectivity index (χ0v) is 20.8. The first-order chi connectivity index (χ1) is 17.3. The fourth-order valence-electron chi connectivity index (χ4n) is 5.16. The zero-order chi connectivity index (χ0) is 25.4. The van der Waals surface area contributed by atoms with Crippen molar-refractivity contribution in [3.05, 3.63) is 89.0 Å². The Bertz CT molecular complexity index is 1290. The Labute approximate surface area is 210 Å². The van der Waals surface area contributed by atoms with E-state index in [9.17, 15) is 13.9 Å². The summed E-state index contributed by atoms with van der Waals surface area (Å²) in [6.07, 6.45) is 0.619. The normalized spacial score (nSPS) is 20.7. The molecule has 5 rings (SSSR count). The minimum absolute atomic E-state index is 0.0909. The van der Waals surface area contributed by atoms with Gasteiger partial charge in [-0.1, -0.05) is 19.1 Å². The molecule has 0 aliphatic carbocycles. The van der Waals surface area contributed by atoms with Gasteiger partial charge in [0.2, 0.25) is 0 Å². The van der Waals surface area contributed by atoms with E-state index < -0.39 is 17.7 Å². The lowest BCUT2D eigenvalue weighted by molar-refractivity contribution is 0.169. The fourth-order valence-corrected chi connectivity index (χ4v) is 5.16. The van der Waals surface area contributed by atoms with Crippen LogP contribution < -0.4 is 9.47 Å². The lowest BCUT2D eigenvalue weighted by Crippen LogP contribution is -2.35. The van der Waals surface area contributed by atoms with Gasteiger partial charge in [0, 0.05) is 35.4 Å². The average molecular weight is 492 g/mol. The van der Waals surface area contributed by atoms with Crippen molar-refractivity contribution in [2.45, 2.75) is 39.3 Å². The van der Waals surface area contributed by atoms with Gasteiger partial charge in [0.15, 0.2) is 0 Å². The first-order valence-electron chi connectivity index (χ1n) is 12.4. The summed E-state index contributed by atoms with van der Waals surface area (Å²) >= 11 is 0. The number of likely N-dealkylation sites (tertiary alicyclic amines) is 1. The maximum absolute atomic E-state index is 14.9. The summed E-state index contributed by atoms with van der Waals surface area (Å²) in [5.74, 6) is 0.873. The molecule has 3 atom stereocenters. The number of rotatable bonds is 6. The largest absolute Gasteiger partial charge is 0.508 e. The van der Waals surface area contributed by atoms with Gasteiger partial charge in [-0.25, -0.2) is 8.78 Å². The highest BCUT2D eigenvalue weighted by molar-refractivity contribution is 5.95. The van der Waals surface area contributed by atoms with E-state index in [4.69, 9.17) is 9.47 Å². The number of phenolic OH excluding ortho intramolecular Hbond substituents is 1. The lowest BCUT2D eigenvalue weighted by Gasteiger charge is -2.31. The third kappa shape index (κ3) is 4.82. The van der Waals surface area contributed by atoms with Gasteiger partial charge in [-0.3, -0.25) is 4.90 Å². The van der Waals surface area contributed by atoms with E-state index in [1.807, 2.05) is 31.2 Å². The summed E-state index contributed by atoms with van der Waals surface area (Å²) in [5, 5.41) is 10.0. The average Bonchev–Trinajstić information content (AvgIpc) is 3.30. The van der Waals surface area contributed by atoms with Crippen LogP contribution in [0.1, 0.15) is 50.0 Å². The van der Waals surface area contributed by atoms with E-state index in [0.29, 0.717) is 29.5 Å². The molecule has 0 radical (unpaired) electrons. The molecule has 3 aromatic rings. The molecule has 6 heteroatoms. The summed E-state index contributed by atoms with van der Waals surface area (Å²) < 4.78 is 41.0. The quantitative estimate of drug-likeness (QED) is 0.410. The van der Waals surface area contributed by atoms with Gasteiger partial charge >= 0.3 is 0 Å². The number of hydrogen-bond acceptors (Lipinski definition) is 4. The van der Waals surface area contributed by atoms with Crippen molar-refractivity contribution in [3.63, 3.8) is 0 Å². The Morgan fingerprint density at radius 3 is 2.53 bits per heavy atom. The summed E-state index contributed by atoms with van der Waals surface area (Å²) in [7, 11) is 0. The minimum atomic E-state index is -0.660. The molecular formula is C30H31F2NO3. The van der Waals surface area contributed by atoms with E-state index in [2.05, 4.69) is 18.7 Å². The molecule has 36 heavy (non-hydrogen) atoms. The van der Waals surface area contributed by atoms with Crippen molar-refractivity contribution in [2.24, 2.45) is 5.92 Å². The molecule has 2 unspecified atom stereocenters. The van der Waals surface area contributed by atoms with E-state index in [1.54, 1.807) is 18.2 Å². The van der Waals surface area contributed by atoms with Crippen LogP contribution in [0.5, 0.6) is 17.2 Å². The van der Waals surface area contributed by atoms with Crippen LogP contribution in [0.3, 0.4) is 0 Å². The molecule has 1 N–H and O–H groups in total. The summed E-state index contributed by atoms with van der Waals surface area (Å²) in [6.45, 7) is 9.16. The van der Waals surface area contributed by atoms with Gasteiger partial charge < -0.3 is 14.6 Å². The molecule has 2 aliphatic rings. The van der Waals surface area contributed by atoms with Crippen molar-refractivity contribution in [3.8, 4) is 17.2 Å². The maximum Gasteiger partial charge on any atom is 0.150 e. The van der Waals surface area contributed by atoms with Gasteiger partial charge in [0.05, 0.1) is 0 Å². The number of fused-ring (bicyclic) bond motifs is 1. The van der Waals surface area contributed by atoms with Crippen LogP contribution in [-0.4, -0.2) is 35.7 Å². The third-order valence-corrected chi connectivity index (χ3v) is 7.25. The topological polar surface area (TPSA) is 41.9 Å². The van der Waals surface area contributed by atoms with Crippen molar-refractivity contribution < 1.29 is 23.4 Å². The zero-order valence-electron chi connectivity index (χ0n) is 20.8. The molecule has 2 aliphatic heterocycles. The van der Waals surface area contributed by atoms with Crippen LogP contribution in [0.25, 0.3) is 11.1 Å². The summed E-state index contributed by atoms with van der Waals surface area (Å²) in [5.41, 5.74) is 3.12. The van der Waals surface area contributed by atoms with Gasteiger partial charge in [0.25, 0.3) is 0 Å². The van der Waals surface area contributed by atoms with Gasteiger partial charge in [0.1, 0.15) is 41.6 Å². The van der Waals surface area contributed by atoms with Crippen molar-refractivity contribution in [2.75, 3.05) is 19.7 Å². The first kappa shape index (κ1) is 24.3. The van der Waals surface area contributed by atoms with Gasteiger partial charge in [-0.2, -0.15) is 0 Å². The molecule has 0 amide bonds. The molecule has 188 valence electrons. The number of aromatic hydroxyl groups is 1. The van der Waals surface area contributed by atoms with E-state index >= 15 is 0 Å². The molecule has 3 aromatic carbocycles. The highest BCUT2D eigenvalue weighted by Crippen LogP contribution is 2.48. The standard InChI is InChI=1S/C30H31F2NO3/c1-18-12-13-33(16-18)19(2)17-35-24-8-4-21(5-9-24)30-29(25-10-6-22(31)14-27(25)32)20(3)26-15-23(34)7-11-28(26)36-30/h4-11,14-15,18-19,30,34H,12-13,16-17H2,1-3H3/t18-,19?,30?/m1/s1. The molecular weight excluding hydrogens is 460 g/mol.